The van der Waals surface area contributed by atoms with Gasteiger partial charge in [0.25, 0.3) is 0 Å². The van der Waals surface area contributed by atoms with E-state index in [0.29, 0.717) is 18.8 Å². The molecule has 0 bridgehead atoms. The van der Waals surface area contributed by atoms with Crippen LogP contribution in [-0.4, -0.2) is 65.9 Å². The predicted octanol–water partition coefficient (Wildman–Crippen LogP) is 2.51. The molecule has 3 heterocycles. The van der Waals surface area contributed by atoms with Crippen LogP contribution in [0.3, 0.4) is 0 Å². The van der Waals surface area contributed by atoms with E-state index in [1.807, 2.05) is 13.0 Å². The molecule has 1 fully saturated rings. The molecule has 1 atom stereocenters. The maximum absolute atomic E-state index is 13.4. The van der Waals surface area contributed by atoms with E-state index in [2.05, 4.69) is 15.6 Å². The van der Waals surface area contributed by atoms with Crippen molar-refractivity contribution < 1.29 is 27.9 Å². The van der Waals surface area contributed by atoms with Crippen LogP contribution in [0.5, 0.6) is 0 Å². The second kappa shape index (κ2) is 11.3. The van der Waals surface area contributed by atoms with E-state index < -0.39 is 39.4 Å². The van der Waals surface area contributed by atoms with Crippen molar-refractivity contribution in [3.8, 4) is 0 Å². The van der Waals surface area contributed by atoms with Gasteiger partial charge in [-0.2, -0.15) is 4.31 Å². The van der Waals surface area contributed by atoms with Crippen LogP contribution in [0.15, 0.2) is 41.3 Å². The fourth-order valence-corrected chi connectivity index (χ4v) is 6.40. The number of rotatable bonds is 10. The number of pyridine rings is 1. The van der Waals surface area contributed by atoms with E-state index >= 15 is 0 Å². The Labute approximate surface area is 228 Å². The van der Waals surface area contributed by atoms with Crippen LogP contribution in [0.4, 0.5) is 11.6 Å². The number of fused-ring (bicyclic) bond motifs is 1. The molecule has 1 aromatic carbocycles. The Morgan fingerprint density at radius 1 is 1.23 bits per heavy atom. The summed E-state index contributed by atoms with van der Waals surface area (Å²) in [4.78, 5) is 45.0. The molecule has 11 nitrogen and oxygen atoms in total. The number of nitrogens with one attached hydrogen (secondary N) is 2. The summed E-state index contributed by atoms with van der Waals surface area (Å²) >= 11 is 0. The summed E-state index contributed by atoms with van der Waals surface area (Å²) in [5.41, 5.74) is -0.383. The van der Waals surface area contributed by atoms with Gasteiger partial charge in [-0.05, 0) is 62.4 Å². The van der Waals surface area contributed by atoms with Crippen LogP contribution in [0.2, 0.25) is 0 Å². The molecule has 2 aliphatic heterocycles. The predicted molar refractivity (Wildman–Crippen MR) is 146 cm³/mol. The quantitative estimate of drug-likeness (QED) is 0.377. The zero-order chi connectivity index (χ0) is 28.4. The molecule has 1 saturated heterocycles. The highest BCUT2D eigenvalue weighted by atomic mass is 32.2. The number of carboxylic acid groups (broad SMARTS) is 1. The molecular weight excluding hydrogens is 522 g/mol. The van der Waals surface area contributed by atoms with Gasteiger partial charge >= 0.3 is 5.97 Å². The summed E-state index contributed by atoms with van der Waals surface area (Å²) < 4.78 is 27.1. The van der Waals surface area contributed by atoms with Gasteiger partial charge in [-0.3, -0.25) is 14.5 Å². The molecular formula is C27H35N5O6S. The summed E-state index contributed by atoms with van der Waals surface area (Å²) in [6.07, 6.45) is 3.09. The van der Waals surface area contributed by atoms with E-state index in [4.69, 9.17) is 0 Å². The first-order chi connectivity index (χ1) is 18.5. The number of nitrogens with zero attached hydrogens (tertiary/aromatic N) is 3. The van der Waals surface area contributed by atoms with E-state index in [1.54, 1.807) is 31.2 Å². The zero-order valence-electron chi connectivity index (χ0n) is 22.4. The van der Waals surface area contributed by atoms with Crippen LogP contribution in [0.25, 0.3) is 0 Å². The van der Waals surface area contributed by atoms with Gasteiger partial charge < -0.3 is 15.7 Å². The average molecular weight is 558 g/mol. The first-order valence-corrected chi connectivity index (χ1v) is 14.6. The van der Waals surface area contributed by atoms with Crippen molar-refractivity contribution in [3.63, 3.8) is 0 Å². The fraction of sp³-hybridized carbons (Fsp3) is 0.481. The molecule has 0 spiro atoms. The van der Waals surface area contributed by atoms with Gasteiger partial charge in [-0.1, -0.05) is 31.5 Å². The van der Waals surface area contributed by atoms with Gasteiger partial charge in [0.1, 0.15) is 11.6 Å². The molecule has 2 amide bonds. The van der Waals surface area contributed by atoms with Gasteiger partial charge in [0.15, 0.2) is 0 Å². The number of hydrogen-bond donors (Lipinski definition) is 3. The highest BCUT2D eigenvalue weighted by molar-refractivity contribution is 7.89. The van der Waals surface area contributed by atoms with E-state index in [-0.39, 0.29) is 30.2 Å². The van der Waals surface area contributed by atoms with Gasteiger partial charge in [0, 0.05) is 26.1 Å². The van der Waals surface area contributed by atoms with Crippen molar-refractivity contribution in [2.45, 2.75) is 63.4 Å². The SMILES string of the molecule is CCCCC(=O)N(c1ccc2c(n1)NCCC2)C(C)(NC(=O)C1CN(S(=O)(=O)c2cccc(C)c2)C1)C(=O)O. The molecule has 0 saturated carbocycles. The number of aromatic nitrogens is 1. The van der Waals surface area contributed by atoms with Crippen LogP contribution in [-0.2, 0) is 30.8 Å². The lowest BCUT2D eigenvalue weighted by molar-refractivity contribution is -0.149. The van der Waals surface area contributed by atoms with Crippen molar-refractivity contribution in [2.24, 2.45) is 5.92 Å². The molecule has 39 heavy (non-hydrogen) atoms. The molecule has 1 aromatic heterocycles. The summed E-state index contributed by atoms with van der Waals surface area (Å²) in [6, 6.07) is 9.91. The summed E-state index contributed by atoms with van der Waals surface area (Å²) in [7, 11) is -3.79. The maximum atomic E-state index is 13.4. The number of unbranched alkanes of at least 4 members (excludes halogenated alkanes) is 1. The van der Waals surface area contributed by atoms with Crippen molar-refractivity contribution in [2.75, 3.05) is 29.9 Å². The third kappa shape index (κ3) is 5.76. The van der Waals surface area contributed by atoms with Gasteiger partial charge in [0.05, 0.1) is 10.8 Å². The minimum Gasteiger partial charge on any atom is -0.478 e. The molecule has 4 rings (SSSR count). The normalized spacial score (nSPS) is 17.2. The number of carboxylic acids is 1. The molecule has 3 N–H and O–H groups in total. The molecule has 1 unspecified atom stereocenters. The van der Waals surface area contributed by atoms with Crippen LogP contribution < -0.4 is 15.5 Å². The Morgan fingerprint density at radius 3 is 2.64 bits per heavy atom. The number of aliphatic carboxylic acids is 1. The highest BCUT2D eigenvalue weighted by Crippen LogP contribution is 2.30. The lowest BCUT2D eigenvalue weighted by Crippen LogP contribution is -2.68. The second-order valence-corrected chi connectivity index (χ2v) is 12.2. The number of hydrogen-bond acceptors (Lipinski definition) is 7. The Balaban J connectivity index is 1.57. The Hall–Kier alpha value is -3.51. The maximum Gasteiger partial charge on any atom is 0.350 e. The van der Waals surface area contributed by atoms with E-state index in [0.717, 1.165) is 35.3 Å². The average Bonchev–Trinajstić information content (AvgIpc) is 2.86. The minimum atomic E-state index is -3.79. The lowest BCUT2D eigenvalue weighted by atomic mass is 10.00. The number of amides is 2. The Bertz CT molecular complexity index is 1370. The third-order valence-corrected chi connectivity index (χ3v) is 9.01. The largest absolute Gasteiger partial charge is 0.478 e. The summed E-state index contributed by atoms with van der Waals surface area (Å²) in [5, 5.41) is 16.0. The highest BCUT2D eigenvalue weighted by Gasteiger charge is 2.49. The number of benzene rings is 1. The third-order valence-electron chi connectivity index (χ3n) is 7.18. The number of carbonyl (C=O) groups is 3. The number of carbonyl (C=O) groups excluding carboxylic acids is 2. The fourth-order valence-electron chi connectivity index (χ4n) is 4.76. The van der Waals surface area contributed by atoms with Gasteiger partial charge in [0.2, 0.25) is 27.5 Å². The number of sulfonamides is 1. The van der Waals surface area contributed by atoms with Gasteiger partial charge in [-0.25, -0.2) is 18.2 Å². The minimum absolute atomic E-state index is 0.0768. The number of anilines is 2. The molecule has 2 aromatic rings. The van der Waals surface area contributed by atoms with E-state index in [1.165, 1.54) is 17.3 Å². The Morgan fingerprint density at radius 2 is 1.97 bits per heavy atom. The summed E-state index contributed by atoms with van der Waals surface area (Å²) in [6.45, 7) is 5.49. The molecule has 2 aliphatic rings. The second-order valence-electron chi connectivity index (χ2n) is 10.2. The topological polar surface area (TPSA) is 149 Å². The van der Waals surface area contributed by atoms with Gasteiger partial charge in [-0.15, -0.1) is 0 Å². The summed E-state index contributed by atoms with van der Waals surface area (Å²) in [5.74, 6) is -2.64. The Kier molecular flexibility index (Phi) is 8.26. The van der Waals surface area contributed by atoms with Crippen LogP contribution in [0, 0.1) is 12.8 Å². The smallest absolute Gasteiger partial charge is 0.350 e. The molecule has 0 radical (unpaired) electrons. The molecule has 0 aliphatic carbocycles. The zero-order valence-corrected chi connectivity index (χ0v) is 23.3. The van der Waals surface area contributed by atoms with Crippen molar-refractivity contribution in [1.82, 2.24) is 14.6 Å². The standard InChI is InChI=1S/C27H35N5O6S/c1-4-5-11-23(33)32(22-13-12-19-9-7-14-28-24(19)29-22)27(3,26(35)36)30-25(34)20-16-31(17-20)39(37,38)21-10-6-8-18(2)15-21/h6,8,10,12-13,15,20H,4-5,7,9,11,14,16-17H2,1-3H3,(H,28,29)(H,30,34)(H,35,36). The first-order valence-electron chi connectivity index (χ1n) is 13.2. The van der Waals surface area contributed by atoms with E-state index in [9.17, 15) is 27.9 Å². The monoisotopic (exact) mass is 557 g/mol. The lowest BCUT2D eigenvalue weighted by Gasteiger charge is -2.42. The van der Waals surface area contributed by atoms with Crippen molar-refractivity contribution >= 4 is 39.4 Å². The first kappa shape index (κ1) is 28.5. The van der Waals surface area contributed by atoms with Crippen molar-refractivity contribution in [3.05, 3.63) is 47.5 Å². The van der Waals surface area contributed by atoms with Crippen molar-refractivity contribution in [1.29, 1.82) is 0 Å². The van der Waals surface area contributed by atoms with Crippen LogP contribution in [0.1, 0.15) is 50.7 Å². The molecule has 210 valence electrons. The molecule has 12 heteroatoms. The van der Waals surface area contributed by atoms with Crippen LogP contribution >= 0.6 is 0 Å². The number of aryl methyl sites for hydroxylation is 2.